The van der Waals surface area contributed by atoms with Crippen LogP contribution in [0.2, 0.25) is 0 Å². The van der Waals surface area contributed by atoms with Gasteiger partial charge in [-0.15, -0.1) is 0 Å². The van der Waals surface area contributed by atoms with Crippen molar-refractivity contribution in [1.82, 2.24) is 5.32 Å². The van der Waals surface area contributed by atoms with Crippen LogP contribution in [0.15, 0.2) is 33.7 Å². The Labute approximate surface area is 116 Å². The minimum Gasteiger partial charge on any atom is -0.471 e. The molecule has 2 heterocycles. The van der Waals surface area contributed by atoms with Gasteiger partial charge in [0.15, 0.2) is 5.90 Å². The van der Waals surface area contributed by atoms with Crippen molar-refractivity contribution in [3.8, 4) is 0 Å². The summed E-state index contributed by atoms with van der Waals surface area (Å²) < 4.78 is 7.12. The summed E-state index contributed by atoms with van der Waals surface area (Å²) in [5.74, 6) is 1.43. The summed E-state index contributed by atoms with van der Waals surface area (Å²) in [5.41, 5.74) is 1.21. The van der Waals surface area contributed by atoms with Crippen molar-refractivity contribution >= 4 is 21.8 Å². The molecular formula is C14H17BrN2O. The lowest BCUT2D eigenvalue weighted by molar-refractivity contribution is 0.209. The van der Waals surface area contributed by atoms with Crippen molar-refractivity contribution < 1.29 is 4.74 Å². The Morgan fingerprint density at radius 1 is 1.28 bits per heavy atom. The minimum atomic E-state index is 0.107. The molecule has 1 fully saturated rings. The quantitative estimate of drug-likeness (QED) is 0.911. The number of hydrogen-bond acceptors (Lipinski definition) is 3. The zero-order valence-corrected chi connectivity index (χ0v) is 11.8. The second-order valence-electron chi connectivity index (χ2n) is 4.88. The molecule has 0 amide bonds. The SMILES string of the molecule is Brc1ccc(C2CN=C(C3CCCNC3)O2)cc1. The van der Waals surface area contributed by atoms with E-state index in [4.69, 9.17) is 4.74 Å². The number of ether oxygens (including phenoxy) is 1. The maximum atomic E-state index is 6.02. The first-order valence-electron chi connectivity index (χ1n) is 6.50. The van der Waals surface area contributed by atoms with Gasteiger partial charge in [-0.25, -0.2) is 0 Å². The van der Waals surface area contributed by atoms with Gasteiger partial charge >= 0.3 is 0 Å². The van der Waals surface area contributed by atoms with E-state index >= 15 is 0 Å². The molecule has 0 aliphatic carbocycles. The molecule has 2 aliphatic rings. The summed E-state index contributed by atoms with van der Waals surface area (Å²) >= 11 is 3.45. The van der Waals surface area contributed by atoms with Crippen LogP contribution in [0.1, 0.15) is 24.5 Å². The number of aliphatic imine (C=N–C) groups is 1. The molecular weight excluding hydrogens is 292 g/mol. The van der Waals surface area contributed by atoms with E-state index in [1.807, 2.05) is 0 Å². The molecule has 1 aromatic carbocycles. The third-order valence-corrected chi connectivity index (χ3v) is 4.09. The van der Waals surface area contributed by atoms with Crippen LogP contribution in [0.4, 0.5) is 0 Å². The molecule has 2 aliphatic heterocycles. The predicted molar refractivity (Wildman–Crippen MR) is 75.9 cm³/mol. The number of hydrogen-bond donors (Lipinski definition) is 1. The van der Waals surface area contributed by atoms with E-state index in [0.29, 0.717) is 5.92 Å². The molecule has 0 bridgehead atoms. The van der Waals surface area contributed by atoms with Gasteiger partial charge in [-0.05, 0) is 37.1 Å². The summed E-state index contributed by atoms with van der Waals surface area (Å²) in [6, 6.07) is 8.32. The van der Waals surface area contributed by atoms with Gasteiger partial charge in [0, 0.05) is 16.9 Å². The van der Waals surface area contributed by atoms with Crippen molar-refractivity contribution in [3.63, 3.8) is 0 Å². The Bertz CT molecular complexity index is 438. The summed E-state index contributed by atoms with van der Waals surface area (Å²) in [4.78, 5) is 4.58. The Balaban J connectivity index is 1.64. The highest BCUT2D eigenvalue weighted by Crippen LogP contribution is 2.28. The minimum absolute atomic E-state index is 0.107. The average Bonchev–Trinajstić information content (AvgIpc) is 2.90. The number of nitrogens with one attached hydrogen (secondary N) is 1. The molecule has 0 aromatic heterocycles. The Morgan fingerprint density at radius 3 is 2.83 bits per heavy atom. The maximum Gasteiger partial charge on any atom is 0.188 e. The van der Waals surface area contributed by atoms with Crippen LogP contribution in [0.25, 0.3) is 0 Å². The molecule has 96 valence electrons. The summed E-state index contributed by atoms with van der Waals surface area (Å²) in [7, 11) is 0. The molecule has 3 rings (SSSR count). The zero-order chi connectivity index (χ0) is 12.4. The maximum absolute atomic E-state index is 6.02. The van der Waals surface area contributed by atoms with Crippen molar-refractivity contribution in [2.45, 2.75) is 18.9 Å². The number of benzene rings is 1. The first-order chi connectivity index (χ1) is 8.83. The number of piperidine rings is 1. The largest absolute Gasteiger partial charge is 0.471 e. The van der Waals surface area contributed by atoms with Crippen LogP contribution < -0.4 is 5.32 Å². The molecule has 0 radical (unpaired) electrons. The van der Waals surface area contributed by atoms with Gasteiger partial charge in [0.25, 0.3) is 0 Å². The summed E-state index contributed by atoms with van der Waals surface area (Å²) in [6.45, 7) is 2.89. The lowest BCUT2D eigenvalue weighted by Crippen LogP contribution is -2.34. The number of halogens is 1. The highest BCUT2D eigenvalue weighted by molar-refractivity contribution is 9.10. The van der Waals surface area contributed by atoms with Gasteiger partial charge < -0.3 is 10.1 Å². The van der Waals surface area contributed by atoms with E-state index in [1.165, 1.54) is 18.4 Å². The number of rotatable bonds is 2. The van der Waals surface area contributed by atoms with Crippen LogP contribution in [-0.2, 0) is 4.74 Å². The van der Waals surface area contributed by atoms with E-state index < -0.39 is 0 Å². The van der Waals surface area contributed by atoms with E-state index in [-0.39, 0.29) is 6.10 Å². The third-order valence-electron chi connectivity index (χ3n) is 3.56. The van der Waals surface area contributed by atoms with Gasteiger partial charge in [0.05, 0.1) is 6.54 Å². The molecule has 2 atom stereocenters. The monoisotopic (exact) mass is 308 g/mol. The second kappa shape index (κ2) is 5.41. The summed E-state index contributed by atoms with van der Waals surface area (Å²) in [5, 5.41) is 3.41. The van der Waals surface area contributed by atoms with Crippen LogP contribution >= 0.6 is 15.9 Å². The highest BCUT2D eigenvalue weighted by atomic mass is 79.9. The normalized spacial score (nSPS) is 27.7. The van der Waals surface area contributed by atoms with Crippen LogP contribution in [0, 0.1) is 5.92 Å². The molecule has 0 saturated carbocycles. The lowest BCUT2D eigenvalue weighted by atomic mass is 10.00. The van der Waals surface area contributed by atoms with E-state index in [2.05, 4.69) is 50.5 Å². The Hall–Kier alpha value is -0.870. The van der Waals surface area contributed by atoms with Gasteiger partial charge in [-0.2, -0.15) is 0 Å². The molecule has 0 spiro atoms. The summed E-state index contributed by atoms with van der Waals surface area (Å²) in [6.07, 6.45) is 2.52. The molecule has 2 unspecified atom stereocenters. The van der Waals surface area contributed by atoms with Crippen molar-refractivity contribution in [3.05, 3.63) is 34.3 Å². The van der Waals surface area contributed by atoms with Crippen molar-refractivity contribution in [1.29, 1.82) is 0 Å². The zero-order valence-electron chi connectivity index (χ0n) is 10.2. The molecule has 1 N–H and O–H groups in total. The highest BCUT2D eigenvalue weighted by Gasteiger charge is 2.28. The van der Waals surface area contributed by atoms with E-state index in [1.54, 1.807) is 0 Å². The first kappa shape index (κ1) is 12.2. The Morgan fingerprint density at radius 2 is 2.11 bits per heavy atom. The second-order valence-corrected chi connectivity index (χ2v) is 5.80. The predicted octanol–water partition coefficient (Wildman–Crippen LogP) is 2.92. The van der Waals surface area contributed by atoms with Crippen LogP contribution in [0.3, 0.4) is 0 Å². The van der Waals surface area contributed by atoms with Gasteiger partial charge in [0.1, 0.15) is 6.10 Å². The van der Waals surface area contributed by atoms with Crippen molar-refractivity contribution in [2.24, 2.45) is 10.9 Å². The van der Waals surface area contributed by atoms with Crippen molar-refractivity contribution in [2.75, 3.05) is 19.6 Å². The lowest BCUT2D eigenvalue weighted by Gasteiger charge is -2.23. The van der Waals surface area contributed by atoms with Gasteiger partial charge in [-0.3, -0.25) is 4.99 Å². The Kier molecular flexibility index (Phi) is 3.66. The van der Waals surface area contributed by atoms with E-state index in [9.17, 15) is 0 Å². The molecule has 4 heteroatoms. The fourth-order valence-electron chi connectivity index (χ4n) is 2.53. The molecule has 18 heavy (non-hydrogen) atoms. The van der Waals surface area contributed by atoms with Gasteiger partial charge in [-0.1, -0.05) is 28.1 Å². The standard InChI is InChI=1S/C14H17BrN2O/c15-12-5-3-10(4-6-12)13-9-17-14(18-13)11-2-1-7-16-8-11/h3-6,11,13,16H,1-2,7-9H2. The molecule has 1 saturated heterocycles. The van der Waals surface area contributed by atoms with Crippen LogP contribution in [-0.4, -0.2) is 25.5 Å². The smallest absolute Gasteiger partial charge is 0.188 e. The fraction of sp³-hybridized carbons (Fsp3) is 0.500. The average molecular weight is 309 g/mol. The topological polar surface area (TPSA) is 33.6 Å². The first-order valence-corrected chi connectivity index (χ1v) is 7.29. The fourth-order valence-corrected chi connectivity index (χ4v) is 2.80. The number of nitrogens with zero attached hydrogens (tertiary/aromatic N) is 1. The molecule has 1 aromatic rings. The van der Waals surface area contributed by atoms with Crippen LogP contribution in [0.5, 0.6) is 0 Å². The van der Waals surface area contributed by atoms with E-state index in [0.717, 1.165) is 30.0 Å². The molecule has 3 nitrogen and oxygen atoms in total. The van der Waals surface area contributed by atoms with Gasteiger partial charge in [0.2, 0.25) is 0 Å². The third kappa shape index (κ3) is 2.59.